The van der Waals surface area contributed by atoms with Gasteiger partial charge in [0.05, 0.1) is 16.6 Å². The van der Waals surface area contributed by atoms with Crippen molar-refractivity contribution in [2.45, 2.75) is 0 Å². The minimum absolute atomic E-state index is 0.923. The van der Waals surface area contributed by atoms with Gasteiger partial charge in [-0.2, -0.15) is 0 Å². The third kappa shape index (κ3) is 3.79. The summed E-state index contributed by atoms with van der Waals surface area (Å²) < 4.78 is 7.12. The van der Waals surface area contributed by atoms with E-state index < -0.39 is 0 Å². The van der Waals surface area contributed by atoms with Gasteiger partial charge in [0.1, 0.15) is 11.3 Å². The van der Waals surface area contributed by atoms with Gasteiger partial charge >= 0.3 is 0 Å². The molecule has 0 atom stereocenters. The second-order valence-corrected chi connectivity index (χ2v) is 12.1. The van der Waals surface area contributed by atoms with Crippen molar-refractivity contribution in [2.75, 3.05) is 0 Å². The number of benzene rings is 7. The minimum atomic E-state index is 0.923. The molecule has 0 amide bonds. The summed E-state index contributed by atoms with van der Waals surface area (Å²) >= 11 is 0. The summed E-state index contributed by atoms with van der Waals surface area (Å²) in [5.41, 5.74) is 9.93. The summed E-state index contributed by atoms with van der Waals surface area (Å²) in [7, 11) is 0. The fourth-order valence-electron chi connectivity index (χ4n) is 7.41. The van der Waals surface area contributed by atoms with Gasteiger partial charge in [0.25, 0.3) is 0 Å². The molecule has 0 saturated carbocycles. The summed E-state index contributed by atoms with van der Waals surface area (Å²) in [6.45, 7) is 0. The molecule has 0 saturated heterocycles. The zero-order valence-corrected chi connectivity index (χ0v) is 25.5. The Labute approximate surface area is 271 Å². The predicted molar refractivity (Wildman–Crippen MR) is 195 cm³/mol. The molecular weight excluding hydrogens is 573 g/mol. The molecule has 3 aromatic heterocycles. The van der Waals surface area contributed by atoms with Crippen LogP contribution in [-0.4, -0.2) is 18.7 Å². The van der Waals surface area contributed by atoms with Crippen LogP contribution in [-0.2, 0) is 0 Å². The Morgan fingerprint density at radius 3 is 1.79 bits per heavy atom. The van der Waals surface area contributed by atoms with Gasteiger partial charge in [0.2, 0.25) is 0 Å². The van der Waals surface area contributed by atoms with E-state index in [0.717, 1.165) is 50.5 Å². The molecule has 0 spiro atoms. The quantitative estimate of drug-likeness (QED) is 0.197. The van der Waals surface area contributed by atoms with Crippen LogP contribution in [0.2, 0.25) is 0 Å². The number of rotatable bonds is 4. The zero-order valence-electron chi connectivity index (χ0n) is 25.5. The van der Waals surface area contributed by atoms with E-state index in [4.69, 9.17) is 4.98 Å². The van der Waals surface area contributed by atoms with Crippen molar-refractivity contribution in [3.05, 3.63) is 170 Å². The van der Waals surface area contributed by atoms with Crippen molar-refractivity contribution in [3.8, 4) is 28.5 Å². The lowest BCUT2D eigenvalue weighted by Gasteiger charge is -2.11. The van der Waals surface area contributed by atoms with E-state index in [9.17, 15) is 0 Å². The normalized spacial score (nSPS) is 11.8. The molecule has 0 fully saturated rings. The van der Waals surface area contributed by atoms with Gasteiger partial charge in [-0.3, -0.25) is 9.13 Å². The minimum Gasteiger partial charge on any atom is -0.309 e. The van der Waals surface area contributed by atoms with E-state index in [-0.39, 0.29) is 0 Å². The van der Waals surface area contributed by atoms with Crippen molar-refractivity contribution >= 4 is 54.6 Å². The van der Waals surface area contributed by atoms with Crippen molar-refractivity contribution in [3.63, 3.8) is 0 Å². The third-order valence-electron chi connectivity index (χ3n) is 9.41. The Balaban J connectivity index is 1.40. The van der Waals surface area contributed by atoms with E-state index in [1.54, 1.807) is 0 Å². The summed E-state index contributed by atoms with van der Waals surface area (Å²) in [6, 6.07) is 60.5. The number of hydrogen-bond donors (Lipinski definition) is 0. The first-order chi connectivity index (χ1) is 23.3. The van der Waals surface area contributed by atoms with Crippen LogP contribution >= 0.6 is 0 Å². The maximum absolute atomic E-state index is 5.48. The Bertz CT molecular complexity index is 2770. The molecule has 3 heterocycles. The van der Waals surface area contributed by atoms with Crippen LogP contribution in [0.15, 0.2) is 170 Å². The van der Waals surface area contributed by atoms with Crippen LogP contribution < -0.4 is 0 Å². The maximum atomic E-state index is 5.48. The van der Waals surface area contributed by atoms with Crippen LogP contribution in [0.25, 0.3) is 83.1 Å². The molecule has 10 aromatic rings. The van der Waals surface area contributed by atoms with E-state index in [2.05, 4.69) is 184 Å². The number of para-hydroxylation sites is 3. The van der Waals surface area contributed by atoms with Crippen LogP contribution in [0.3, 0.4) is 0 Å². The topological polar surface area (TPSA) is 27.7 Å². The number of aromatic nitrogens is 4. The van der Waals surface area contributed by atoms with E-state index in [1.807, 2.05) is 0 Å². The molecule has 0 aliphatic heterocycles. The second kappa shape index (κ2) is 10.1. The van der Waals surface area contributed by atoms with E-state index in [1.165, 1.54) is 32.6 Å². The Morgan fingerprint density at radius 2 is 1.02 bits per heavy atom. The van der Waals surface area contributed by atoms with Crippen LogP contribution in [0, 0.1) is 0 Å². The SMILES string of the molecule is c1ccc(-c2nc3c(c4ccc5c(c6ccccc6n5-c5ccc6ccccc6c5)c4n3-c3ccccc3)n2-c2ccccc2)cc1. The van der Waals surface area contributed by atoms with E-state index >= 15 is 0 Å². The number of fused-ring (bicyclic) bond motifs is 8. The molecule has 4 nitrogen and oxygen atoms in total. The average molecular weight is 601 g/mol. The molecular formula is C43H28N4. The molecule has 0 bridgehead atoms. The van der Waals surface area contributed by atoms with Crippen molar-refractivity contribution < 1.29 is 0 Å². The van der Waals surface area contributed by atoms with Crippen LogP contribution in [0.5, 0.6) is 0 Å². The highest BCUT2D eigenvalue weighted by atomic mass is 15.2. The van der Waals surface area contributed by atoms with Crippen LogP contribution in [0.4, 0.5) is 0 Å². The molecule has 7 aromatic carbocycles. The van der Waals surface area contributed by atoms with Gasteiger partial charge in [-0.1, -0.05) is 115 Å². The molecule has 220 valence electrons. The summed E-state index contributed by atoms with van der Waals surface area (Å²) in [4.78, 5) is 5.48. The smallest absolute Gasteiger partial charge is 0.165 e. The van der Waals surface area contributed by atoms with Gasteiger partial charge in [0.15, 0.2) is 5.65 Å². The largest absolute Gasteiger partial charge is 0.309 e. The molecule has 0 radical (unpaired) electrons. The van der Waals surface area contributed by atoms with Crippen molar-refractivity contribution in [1.29, 1.82) is 0 Å². The highest BCUT2D eigenvalue weighted by Crippen LogP contribution is 2.44. The molecule has 4 heteroatoms. The lowest BCUT2D eigenvalue weighted by molar-refractivity contribution is 1.10. The molecule has 0 unspecified atom stereocenters. The third-order valence-corrected chi connectivity index (χ3v) is 9.41. The zero-order chi connectivity index (χ0) is 30.9. The first-order valence-corrected chi connectivity index (χ1v) is 16.0. The molecule has 0 aliphatic rings. The number of nitrogens with zero attached hydrogens (tertiary/aromatic N) is 4. The summed E-state index contributed by atoms with van der Waals surface area (Å²) in [6.07, 6.45) is 0. The maximum Gasteiger partial charge on any atom is 0.165 e. The molecule has 0 aliphatic carbocycles. The average Bonchev–Trinajstić information content (AvgIpc) is 3.79. The molecule has 47 heavy (non-hydrogen) atoms. The highest BCUT2D eigenvalue weighted by molar-refractivity contribution is 6.25. The van der Waals surface area contributed by atoms with Gasteiger partial charge in [-0.25, -0.2) is 4.98 Å². The lowest BCUT2D eigenvalue weighted by atomic mass is 10.1. The summed E-state index contributed by atoms with van der Waals surface area (Å²) in [5.74, 6) is 0.923. The monoisotopic (exact) mass is 600 g/mol. The fraction of sp³-hybridized carbons (Fsp3) is 0. The Kier molecular flexibility index (Phi) is 5.54. The molecule has 10 rings (SSSR count). The second-order valence-electron chi connectivity index (χ2n) is 12.1. The highest BCUT2D eigenvalue weighted by Gasteiger charge is 2.26. The predicted octanol–water partition coefficient (Wildman–Crippen LogP) is 10.9. The van der Waals surface area contributed by atoms with Crippen molar-refractivity contribution in [1.82, 2.24) is 18.7 Å². The first kappa shape index (κ1) is 25.9. The summed E-state index contributed by atoms with van der Waals surface area (Å²) in [5, 5.41) is 6.06. The van der Waals surface area contributed by atoms with Crippen molar-refractivity contribution in [2.24, 2.45) is 0 Å². The first-order valence-electron chi connectivity index (χ1n) is 16.0. The van der Waals surface area contributed by atoms with Gasteiger partial charge < -0.3 is 4.57 Å². The van der Waals surface area contributed by atoms with Gasteiger partial charge in [-0.15, -0.1) is 0 Å². The standard InChI is InChI=1S/C43H28N4/c1-4-15-30(16-5-1)42-44-43-41(47(42)33-20-8-3-9-21-33)36-26-27-38-39(40(36)46(43)32-18-6-2-7-19-32)35-22-12-13-23-37(35)45(38)34-25-24-29-14-10-11-17-31(29)28-34/h1-28H. The molecule has 0 N–H and O–H groups in total. The number of hydrogen-bond acceptors (Lipinski definition) is 1. The van der Waals surface area contributed by atoms with Gasteiger partial charge in [-0.05, 0) is 65.4 Å². The Morgan fingerprint density at radius 1 is 0.383 bits per heavy atom. The van der Waals surface area contributed by atoms with Gasteiger partial charge in [0, 0.05) is 38.8 Å². The Hall–Kier alpha value is -6.39. The number of imidazole rings is 1. The lowest BCUT2D eigenvalue weighted by Crippen LogP contribution is -1.98. The van der Waals surface area contributed by atoms with E-state index in [0.29, 0.717) is 0 Å². The van der Waals surface area contributed by atoms with Crippen LogP contribution in [0.1, 0.15) is 0 Å². The fourth-order valence-corrected chi connectivity index (χ4v) is 7.41.